The maximum atomic E-state index is 13.4. The number of carbonyl (C=O) groups is 1. The molecule has 182 valence electrons. The minimum Gasteiger partial charge on any atom is -0.336 e. The molecular weight excluding hydrogens is 442 g/mol. The van der Waals surface area contributed by atoms with Gasteiger partial charge in [-0.2, -0.15) is 0 Å². The molecule has 5 rings (SSSR count). The molecule has 3 aromatic carbocycles. The minimum atomic E-state index is -0.179. The first-order valence-corrected chi connectivity index (χ1v) is 12.6. The molecule has 0 aromatic heterocycles. The number of rotatable bonds is 5. The number of amides is 1. The number of carbonyl (C=O) groups excluding carboxylic acids is 1. The first-order chi connectivity index (χ1) is 17.4. The van der Waals surface area contributed by atoms with E-state index in [0.29, 0.717) is 13.1 Å². The number of hydrogen-bond acceptors (Lipinski definition) is 3. The summed E-state index contributed by atoms with van der Waals surface area (Å²) >= 11 is 0. The van der Waals surface area contributed by atoms with Crippen LogP contribution >= 0.6 is 0 Å². The van der Waals surface area contributed by atoms with Crippen molar-refractivity contribution >= 4 is 11.7 Å². The average molecular weight is 476 g/mol. The Labute approximate surface area is 214 Å². The number of hydrogen-bond donors (Lipinski definition) is 0. The predicted molar refractivity (Wildman–Crippen MR) is 147 cm³/mol. The van der Waals surface area contributed by atoms with Crippen LogP contribution in [-0.2, 0) is 4.79 Å². The van der Waals surface area contributed by atoms with Gasteiger partial charge in [0, 0.05) is 17.8 Å². The second kappa shape index (κ2) is 9.98. The van der Waals surface area contributed by atoms with Gasteiger partial charge in [-0.15, -0.1) is 0 Å². The third-order valence-corrected chi connectivity index (χ3v) is 7.35. The maximum absolute atomic E-state index is 13.4. The summed E-state index contributed by atoms with van der Waals surface area (Å²) in [4.78, 5) is 22.7. The zero-order chi connectivity index (χ0) is 25.2. The van der Waals surface area contributed by atoms with Crippen molar-refractivity contribution < 1.29 is 4.79 Å². The van der Waals surface area contributed by atoms with E-state index in [1.54, 1.807) is 0 Å². The first-order valence-electron chi connectivity index (χ1n) is 12.6. The zero-order valence-corrected chi connectivity index (χ0v) is 21.3. The summed E-state index contributed by atoms with van der Waals surface area (Å²) in [5.74, 6) is 0.872. The fourth-order valence-electron chi connectivity index (χ4n) is 5.31. The molecule has 1 atom stereocenters. The van der Waals surface area contributed by atoms with Gasteiger partial charge in [0.2, 0.25) is 5.91 Å². The van der Waals surface area contributed by atoms with Crippen molar-refractivity contribution in [3.63, 3.8) is 0 Å². The Balaban J connectivity index is 1.42. The molecule has 0 radical (unpaired) electrons. The van der Waals surface area contributed by atoms with Crippen LogP contribution in [-0.4, -0.2) is 34.6 Å². The van der Waals surface area contributed by atoms with Gasteiger partial charge in [0.1, 0.15) is 5.84 Å². The second-order valence-corrected chi connectivity index (χ2v) is 9.77. The van der Waals surface area contributed by atoms with E-state index in [1.165, 1.54) is 16.7 Å². The van der Waals surface area contributed by atoms with Crippen LogP contribution in [0.3, 0.4) is 0 Å². The Bertz CT molecular complexity index is 1280. The molecule has 0 spiro atoms. The third kappa shape index (κ3) is 4.51. The van der Waals surface area contributed by atoms with E-state index in [1.807, 2.05) is 30.9 Å². The molecule has 0 bridgehead atoms. The molecule has 0 fully saturated rings. The smallest absolute Gasteiger partial charge is 0.230 e. The number of aryl methyl sites for hydroxylation is 1. The molecule has 0 N–H and O–H groups in total. The largest absolute Gasteiger partial charge is 0.336 e. The van der Waals surface area contributed by atoms with Gasteiger partial charge < -0.3 is 9.80 Å². The second-order valence-electron chi connectivity index (χ2n) is 9.77. The Hall–Kier alpha value is -3.92. The standard InChI is InChI=1S/C32H33N3O/c1-22-15-17-26(18-16-22)23(2)32(36)34-20-19-29-24(3)35(25(4)33-30(29)21-34)31(27-11-7-5-8-12-27)28-13-9-6-10-14-28/h5-18,23,31H,3,19-21H2,1-2,4H3. The highest BCUT2D eigenvalue weighted by Crippen LogP contribution is 2.39. The minimum absolute atomic E-state index is 0.0149. The lowest BCUT2D eigenvalue weighted by molar-refractivity contribution is -0.132. The van der Waals surface area contributed by atoms with Crippen molar-refractivity contribution in [1.82, 2.24) is 9.80 Å². The van der Waals surface area contributed by atoms with Crippen LogP contribution in [0.15, 0.2) is 113 Å². The molecule has 1 amide bonds. The van der Waals surface area contributed by atoms with Crippen LogP contribution in [0.5, 0.6) is 0 Å². The zero-order valence-electron chi connectivity index (χ0n) is 21.3. The quantitative estimate of drug-likeness (QED) is 0.416. The normalized spacial score (nSPS) is 16.7. The fraction of sp³-hybridized carbons (Fsp3) is 0.250. The van der Waals surface area contributed by atoms with E-state index >= 15 is 0 Å². The molecule has 4 nitrogen and oxygen atoms in total. The van der Waals surface area contributed by atoms with Crippen molar-refractivity contribution in [2.75, 3.05) is 13.1 Å². The van der Waals surface area contributed by atoms with Gasteiger partial charge >= 0.3 is 0 Å². The summed E-state index contributed by atoms with van der Waals surface area (Å²) in [7, 11) is 0. The van der Waals surface area contributed by atoms with Gasteiger partial charge in [-0.3, -0.25) is 4.79 Å². The highest BCUT2D eigenvalue weighted by atomic mass is 16.2. The average Bonchev–Trinajstić information content (AvgIpc) is 2.91. The van der Waals surface area contributed by atoms with E-state index in [2.05, 4.69) is 91.2 Å². The van der Waals surface area contributed by atoms with Crippen molar-refractivity contribution in [2.45, 2.75) is 39.2 Å². The topological polar surface area (TPSA) is 35.9 Å². The van der Waals surface area contributed by atoms with E-state index < -0.39 is 0 Å². The lowest BCUT2D eigenvalue weighted by Crippen LogP contribution is -2.43. The Kier molecular flexibility index (Phi) is 6.60. The van der Waals surface area contributed by atoms with Crippen LogP contribution in [0.4, 0.5) is 0 Å². The van der Waals surface area contributed by atoms with Crippen LogP contribution in [0, 0.1) is 6.92 Å². The van der Waals surface area contributed by atoms with Crippen molar-refractivity contribution in [3.05, 3.63) is 131 Å². The lowest BCUT2D eigenvalue weighted by Gasteiger charge is -2.42. The predicted octanol–water partition coefficient (Wildman–Crippen LogP) is 6.62. The number of benzene rings is 3. The lowest BCUT2D eigenvalue weighted by atomic mass is 9.92. The molecular formula is C32H33N3O. The molecule has 2 aliphatic rings. The number of aliphatic imine (C=N–C) groups is 1. The number of amidine groups is 1. The molecule has 0 saturated carbocycles. The van der Waals surface area contributed by atoms with Crippen LogP contribution in [0.25, 0.3) is 0 Å². The van der Waals surface area contributed by atoms with Gasteiger partial charge in [0.05, 0.1) is 24.2 Å². The van der Waals surface area contributed by atoms with E-state index in [4.69, 9.17) is 4.99 Å². The summed E-state index contributed by atoms with van der Waals surface area (Å²) in [5.41, 5.74) is 7.75. The van der Waals surface area contributed by atoms with Gasteiger partial charge in [-0.25, -0.2) is 4.99 Å². The van der Waals surface area contributed by atoms with Gasteiger partial charge in [-0.1, -0.05) is 97.1 Å². The van der Waals surface area contributed by atoms with E-state index in [9.17, 15) is 4.79 Å². The first kappa shape index (κ1) is 23.8. The van der Waals surface area contributed by atoms with Gasteiger partial charge in [0.15, 0.2) is 0 Å². The van der Waals surface area contributed by atoms with Gasteiger partial charge in [-0.05, 0) is 43.9 Å². The molecule has 2 aliphatic heterocycles. The molecule has 2 heterocycles. The Morgan fingerprint density at radius 1 is 0.861 bits per heavy atom. The van der Waals surface area contributed by atoms with E-state index in [0.717, 1.165) is 34.8 Å². The molecule has 4 heteroatoms. The summed E-state index contributed by atoms with van der Waals surface area (Å²) in [5, 5.41) is 0. The molecule has 0 aliphatic carbocycles. The van der Waals surface area contributed by atoms with Crippen molar-refractivity contribution in [2.24, 2.45) is 4.99 Å². The Morgan fingerprint density at radius 2 is 1.44 bits per heavy atom. The SMILES string of the molecule is C=C1C2=C(CN(C(=O)C(C)c3ccc(C)cc3)CC2)N=C(C)N1C(c1ccccc1)c1ccccc1. The highest BCUT2D eigenvalue weighted by molar-refractivity contribution is 5.87. The van der Waals surface area contributed by atoms with Crippen LogP contribution in [0.1, 0.15) is 54.5 Å². The fourth-order valence-corrected chi connectivity index (χ4v) is 5.31. The summed E-state index contributed by atoms with van der Waals surface area (Å²) in [6.07, 6.45) is 0.754. The molecule has 3 aromatic rings. The highest BCUT2D eigenvalue weighted by Gasteiger charge is 2.35. The van der Waals surface area contributed by atoms with Crippen LogP contribution < -0.4 is 0 Å². The summed E-state index contributed by atoms with van der Waals surface area (Å²) < 4.78 is 0. The molecule has 0 saturated heterocycles. The number of nitrogens with zero attached hydrogens (tertiary/aromatic N) is 3. The maximum Gasteiger partial charge on any atom is 0.230 e. The summed E-state index contributed by atoms with van der Waals surface area (Å²) in [6, 6.07) is 29.3. The Morgan fingerprint density at radius 3 is 2.03 bits per heavy atom. The third-order valence-electron chi connectivity index (χ3n) is 7.35. The van der Waals surface area contributed by atoms with Crippen molar-refractivity contribution in [1.29, 1.82) is 0 Å². The monoisotopic (exact) mass is 475 g/mol. The van der Waals surface area contributed by atoms with Crippen LogP contribution in [0.2, 0.25) is 0 Å². The molecule has 1 unspecified atom stereocenters. The van der Waals surface area contributed by atoms with E-state index in [-0.39, 0.29) is 17.9 Å². The van der Waals surface area contributed by atoms with Gasteiger partial charge in [0.25, 0.3) is 0 Å². The summed E-state index contributed by atoms with van der Waals surface area (Å²) in [6.45, 7) is 11.9. The number of allylic oxidation sites excluding steroid dienone is 1. The molecule has 36 heavy (non-hydrogen) atoms. The van der Waals surface area contributed by atoms with Crippen molar-refractivity contribution in [3.8, 4) is 0 Å².